The quantitative estimate of drug-likeness (QED) is 0.0582. The number of unbranched alkanes of at least 4 members (excludes halogenated alkanes) is 3. The van der Waals surface area contributed by atoms with Crippen LogP contribution in [-0.2, 0) is 19.2 Å². The van der Waals surface area contributed by atoms with E-state index in [1.807, 2.05) is 13.8 Å². The minimum atomic E-state index is -1.00. The summed E-state index contributed by atoms with van der Waals surface area (Å²) in [4.78, 5) is 97.5. The van der Waals surface area contributed by atoms with Gasteiger partial charge in [-0.25, -0.2) is 4.39 Å². The lowest BCUT2D eigenvalue weighted by molar-refractivity contribution is -0.136. The van der Waals surface area contributed by atoms with Crippen LogP contribution in [0.15, 0.2) is 36.4 Å². The Morgan fingerprint density at radius 1 is 0.810 bits per heavy atom. The average molecular weight is 866 g/mol. The number of amides is 7. The van der Waals surface area contributed by atoms with Crippen LogP contribution in [0.2, 0.25) is 0 Å². The molecule has 63 heavy (non-hydrogen) atoms. The van der Waals surface area contributed by atoms with Gasteiger partial charge in [-0.3, -0.25) is 43.8 Å². The van der Waals surface area contributed by atoms with Crippen molar-refractivity contribution in [1.82, 2.24) is 35.6 Å². The molecule has 334 valence electrons. The number of hydrogen-bond donors (Lipinski definition) is 6. The standard InChI is InChI=1S/C46H56FN9O7/c1-28-36(27-33-32-26-30(47)13-14-34(32)52-42(33)59)51-29(2)40(28)44(61)50-19-9-21-55-24-22-54(23-25-55)20-8-12-38(57)49-18-6-4-3-5-17-48-35-11-7-10-31-41(35)46(63)56(45(31)62)37-15-16-39(58)53-43(37)60/h7,10-11,13-14,26-27,37,48,51H,3-6,8-9,12,15-25H2,1-2H3,(H,49,57)(H,50,61)(H,52,59)(H,53,58,60)/b33-27-. The maximum atomic E-state index is 13.9. The zero-order valence-electron chi connectivity index (χ0n) is 35.9. The van der Waals surface area contributed by atoms with Crippen molar-refractivity contribution in [2.24, 2.45) is 0 Å². The molecule has 1 unspecified atom stereocenters. The Kier molecular flexibility index (Phi) is 14.5. The van der Waals surface area contributed by atoms with Gasteiger partial charge in [0, 0.05) is 87.0 Å². The van der Waals surface area contributed by atoms with Crippen LogP contribution in [-0.4, -0.2) is 126 Å². The van der Waals surface area contributed by atoms with Gasteiger partial charge in [0.2, 0.25) is 17.7 Å². The zero-order chi connectivity index (χ0) is 44.6. The van der Waals surface area contributed by atoms with Crippen molar-refractivity contribution in [2.45, 2.75) is 77.7 Å². The second-order valence-corrected chi connectivity index (χ2v) is 16.6. The number of benzene rings is 2. The Morgan fingerprint density at radius 3 is 2.27 bits per heavy atom. The molecule has 2 aromatic carbocycles. The fourth-order valence-electron chi connectivity index (χ4n) is 8.80. The zero-order valence-corrected chi connectivity index (χ0v) is 35.9. The summed E-state index contributed by atoms with van der Waals surface area (Å²) in [7, 11) is 0. The second-order valence-electron chi connectivity index (χ2n) is 16.6. The molecule has 3 aromatic rings. The first-order chi connectivity index (χ1) is 30.4. The van der Waals surface area contributed by atoms with E-state index in [1.165, 1.54) is 18.2 Å². The molecule has 1 aromatic heterocycles. The van der Waals surface area contributed by atoms with Gasteiger partial charge in [0.15, 0.2) is 0 Å². The normalized spacial score (nSPS) is 18.4. The Labute approximate surface area is 365 Å². The molecule has 1 atom stereocenters. The van der Waals surface area contributed by atoms with Gasteiger partial charge in [-0.1, -0.05) is 18.9 Å². The molecule has 2 saturated heterocycles. The summed E-state index contributed by atoms with van der Waals surface area (Å²) in [6, 6.07) is 8.20. The third kappa shape index (κ3) is 10.5. The van der Waals surface area contributed by atoms with Gasteiger partial charge in [-0.2, -0.15) is 0 Å². The highest BCUT2D eigenvalue weighted by Crippen LogP contribution is 2.35. The van der Waals surface area contributed by atoms with Crippen molar-refractivity contribution in [3.8, 4) is 0 Å². The number of aromatic nitrogens is 1. The number of aryl methyl sites for hydroxylation is 1. The van der Waals surface area contributed by atoms with E-state index in [1.54, 1.807) is 24.3 Å². The summed E-state index contributed by atoms with van der Waals surface area (Å²) in [5, 5.41) is 14.3. The molecule has 0 radical (unpaired) electrons. The van der Waals surface area contributed by atoms with Crippen LogP contribution in [0.25, 0.3) is 11.6 Å². The van der Waals surface area contributed by atoms with Crippen LogP contribution >= 0.6 is 0 Å². The van der Waals surface area contributed by atoms with Crippen molar-refractivity contribution >= 4 is 64.4 Å². The van der Waals surface area contributed by atoms with Gasteiger partial charge in [0.05, 0.1) is 22.3 Å². The van der Waals surface area contributed by atoms with Gasteiger partial charge in [0.1, 0.15) is 11.9 Å². The second kappa shape index (κ2) is 20.3. The summed E-state index contributed by atoms with van der Waals surface area (Å²) in [5.41, 5.74) is 5.03. The monoisotopic (exact) mass is 865 g/mol. The molecule has 0 saturated carbocycles. The van der Waals surface area contributed by atoms with Gasteiger partial charge < -0.3 is 36.1 Å². The number of carbonyl (C=O) groups is 7. The third-order valence-electron chi connectivity index (χ3n) is 12.2. The lowest BCUT2D eigenvalue weighted by Crippen LogP contribution is -2.54. The number of halogens is 1. The minimum Gasteiger partial charge on any atom is -0.384 e. The number of aromatic amines is 1. The molecule has 5 heterocycles. The summed E-state index contributed by atoms with van der Waals surface area (Å²) in [6.07, 6.45) is 7.48. The van der Waals surface area contributed by atoms with E-state index in [0.29, 0.717) is 65.5 Å². The van der Waals surface area contributed by atoms with Crippen molar-refractivity contribution in [1.29, 1.82) is 0 Å². The Hall–Kier alpha value is -6.20. The summed E-state index contributed by atoms with van der Waals surface area (Å²) in [6.45, 7) is 10.9. The van der Waals surface area contributed by atoms with Crippen molar-refractivity contribution < 1.29 is 38.0 Å². The highest BCUT2D eigenvalue weighted by Gasteiger charge is 2.45. The maximum absolute atomic E-state index is 13.9. The summed E-state index contributed by atoms with van der Waals surface area (Å²) in [5.74, 6) is -2.97. The predicted molar refractivity (Wildman–Crippen MR) is 235 cm³/mol. The molecule has 2 fully saturated rings. The minimum absolute atomic E-state index is 0.0581. The van der Waals surface area contributed by atoms with E-state index >= 15 is 0 Å². The number of carbonyl (C=O) groups excluding carboxylic acids is 7. The molecule has 0 spiro atoms. The number of piperazine rings is 1. The number of nitrogens with one attached hydrogen (secondary N) is 6. The van der Waals surface area contributed by atoms with E-state index in [4.69, 9.17) is 0 Å². The van der Waals surface area contributed by atoms with E-state index < -0.39 is 35.5 Å². The number of H-pyrrole nitrogens is 1. The van der Waals surface area contributed by atoms with Crippen LogP contribution in [0.3, 0.4) is 0 Å². The number of imide groups is 2. The SMILES string of the molecule is Cc1[nH]c(/C=C2\C(=O)Nc3ccc(F)cc32)c(C)c1C(=O)NCCCN1CCN(CCCC(=O)NCCCCCCNc2cccc3c2C(=O)N(C2CCC(=O)NC2=O)C3=O)CC1. The van der Waals surface area contributed by atoms with Crippen molar-refractivity contribution in [2.75, 3.05) is 69.5 Å². The molecule has 4 aliphatic rings. The number of nitrogens with zero attached hydrogens (tertiary/aromatic N) is 3. The summed E-state index contributed by atoms with van der Waals surface area (Å²) >= 11 is 0. The molecular formula is C46H56FN9O7. The number of rotatable bonds is 19. The molecule has 16 nitrogen and oxygen atoms in total. The fraction of sp³-hybridized carbons (Fsp3) is 0.457. The van der Waals surface area contributed by atoms with Crippen molar-refractivity contribution in [3.05, 3.63) is 81.4 Å². The number of piperidine rings is 1. The van der Waals surface area contributed by atoms with E-state index in [-0.39, 0.29) is 41.7 Å². The molecule has 17 heteroatoms. The molecule has 4 aliphatic heterocycles. The summed E-state index contributed by atoms with van der Waals surface area (Å²) < 4.78 is 13.9. The van der Waals surface area contributed by atoms with Crippen molar-refractivity contribution in [3.63, 3.8) is 0 Å². The molecule has 6 N–H and O–H groups in total. The van der Waals surface area contributed by atoms with Crippen LogP contribution in [0.5, 0.6) is 0 Å². The van der Waals surface area contributed by atoms with E-state index in [0.717, 1.165) is 88.3 Å². The lowest BCUT2D eigenvalue weighted by Gasteiger charge is -2.34. The fourth-order valence-corrected chi connectivity index (χ4v) is 8.80. The number of anilines is 2. The number of hydrogen-bond acceptors (Lipinski definition) is 10. The van der Waals surface area contributed by atoms with E-state index in [9.17, 15) is 38.0 Å². The van der Waals surface area contributed by atoms with Crippen LogP contribution < -0.4 is 26.6 Å². The Bertz CT molecular complexity index is 2320. The van der Waals surface area contributed by atoms with E-state index in [2.05, 4.69) is 41.4 Å². The smallest absolute Gasteiger partial charge is 0.264 e. The molecule has 0 bridgehead atoms. The Morgan fingerprint density at radius 2 is 1.52 bits per heavy atom. The maximum Gasteiger partial charge on any atom is 0.264 e. The average Bonchev–Trinajstić information content (AvgIpc) is 3.82. The topological polar surface area (TPSA) is 205 Å². The first kappa shape index (κ1) is 44.8. The molecule has 7 rings (SSSR count). The largest absolute Gasteiger partial charge is 0.384 e. The molecule has 7 amide bonds. The molecular weight excluding hydrogens is 810 g/mol. The first-order valence-electron chi connectivity index (χ1n) is 22.0. The lowest BCUT2D eigenvalue weighted by atomic mass is 10.0. The van der Waals surface area contributed by atoms with Crippen LogP contribution in [0.4, 0.5) is 15.8 Å². The van der Waals surface area contributed by atoms with Gasteiger partial charge in [0.25, 0.3) is 23.6 Å². The molecule has 0 aliphatic carbocycles. The van der Waals surface area contributed by atoms with Gasteiger partial charge in [-0.15, -0.1) is 0 Å². The van der Waals surface area contributed by atoms with Gasteiger partial charge in [-0.05, 0) is 101 Å². The van der Waals surface area contributed by atoms with Gasteiger partial charge >= 0.3 is 0 Å². The Balaban J connectivity index is 0.713. The van der Waals surface area contributed by atoms with Crippen LogP contribution in [0, 0.1) is 19.7 Å². The van der Waals surface area contributed by atoms with Crippen LogP contribution in [0.1, 0.15) is 111 Å². The third-order valence-corrected chi connectivity index (χ3v) is 12.2. The highest BCUT2D eigenvalue weighted by atomic mass is 19.1. The number of fused-ring (bicyclic) bond motifs is 2. The highest BCUT2D eigenvalue weighted by molar-refractivity contribution is 6.35. The first-order valence-corrected chi connectivity index (χ1v) is 22.0. The predicted octanol–water partition coefficient (Wildman–Crippen LogP) is 3.97.